The second kappa shape index (κ2) is 5.79. The van der Waals surface area contributed by atoms with Crippen LogP contribution in [0.25, 0.3) is 0 Å². The number of nitrogens with two attached hydrogens (primary N) is 1. The van der Waals surface area contributed by atoms with Gasteiger partial charge in [-0.3, -0.25) is 0 Å². The number of carboxylic acid groups (broad SMARTS) is 1. The molecule has 0 aliphatic rings. The predicted molar refractivity (Wildman–Crippen MR) is 76.5 cm³/mol. The molecule has 2 aromatic rings. The van der Waals surface area contributed by atoms with Crippen LogP contribution in [0.15, 0.2) is 30.5 Å². The van der Waals surface area contributed by atoms with Crippen molar-refractivity contribution in [2.45, 2.75) is 13.3 Å². The smallest absolute Gasteiger partial charge is 0.337 e. The van der Waals surface area contributed by atoms with Crippen LogP contribution in [-0.2, 0) is 6.42 Å². The van der Waals surface area contributed by atoms with Crippen molar-refractivity contribution < 1.29 is 14.6 Å². The van der Waals surface area contributed by atoms with Gasteiger partial charge >= 0.3 is 5.97 Å². The molecule has 0 radical (unpaired) electrons. The van der Waals surface area contributed by atoms with E-state index in [1.165, 1.54) is 12.3 Å². The van der Waals surface area contributed by atoms with Crippen molar-refractivity contribution in [2.24, 2.45) is 0 Å². The quantitative estimate of drug-likeness (QED) is 0.902. The average Bonchev–Trinajstić information content (AvgIpc) is 2.42. The van der Waals surface area contributed by atoms with Gasteiger partial charge in [0.25, 0.3) is 0 Å². The summed E-state index contributed by atoms with van der Waals surface area (Å²) in [4.78, 5) is 14.7. The maximum absolute atomic E-state index is 10.8. The van der Waals surface area contributed by atoms with Crippen LogP contribution in [0.4, 0.5) is 5.69 Å². The lowest BCUT2D eigenvalue weighted by Gasteiger charge is -2.09. The van der Waals surface area contributed by atoms with Crippen molar-refractivity contribution in [2.75, 3.05) is 5.73 Å². The molecule has 0 saturated carbocycles. The zero-order valence-corrected chi connectivity index (χ0v) is 11.5. The molecule has 3 N–H and O–H groups in total. The number of anilines is 1. The van der Waals surface area contributed by atoms with Gasteiger partial charge in [-0.15, -0.1) is 0 Å². The van der Waals surface area contributed by atoms with Gasteiger partial charge in [-0.05, 0) is 36.2 Å². The molecule has 20 heavy (non-hydrogen) atoms. The van der Waals surface area contributed by atoms with E-state index >= 15 is 0 Å². The highest BCUT2D eigenvalue weighted by Gasteiger charge is 2.10. The summed E-state index contributed by atoms with van der Waals surface area (Å²) in [6.07, 6.45) is 1.97. The molecule has 0 amide bonds. The summed E-state index contributed by atoms with van der Waals surface area (Å²) in [5.41, 5.74) is 6.86. The minimum absolute atomic E-state index is 0.0141. The van der Waals surface area contributed by atoms with E-state index in [-0.39, 0.29) is 17.1 Å². The lowest BCUT2D eigenvalue weighted by atomic mass is 10.1. The molecule has 5 nitrogen and oxygen atoms in total. The Labute approximate surface area is 121 Å². The molecule has 1 aromatic carbocycles. The van der Waals surface area contributed by atoms with E-state index in [9.17, 15) is 4.79 Å². The van der Waals surface area contributed by atoms with Crippen molar-refractivity contribution in [1.82, 2.24) is 4.98 Å². The van der Waals surface area contributed by atoms with Gasteiger partial charge in [0.1, 0.15) is 5.75 Å². The lowest BCUT2D eigenvalue weighted by Crippen LogP contribution is -2.02. The minimum atomic E-state index is -1.09. The number of aromatic nitrogens is 1. The maximum Gasteiger partial charge on any atom is 0.337 e. The molecule has 0 spiro atoms. The molecule has 0 unspecified atom stereocenters. The third-order valence-electron chi connectivity index (χ3n) is 2.74. The van der Waals surface area contributed by atoms with Crippen molar-refractivity contribution in [1.29, 1.82) is 0 Å². The number of aromatic carboxylic acids is 1. The Morgan fingerprint density at radius 1 is 1.45 bits per heavy atom. The number of rotatable bonds is 4. The van der Waals surface area contributed by atoms with Crippen molar-refractivity contribution in [3.05, 3.63) is 46.6 Å². The number of ether oxygens (including phenoxy) is 1. The van der Waals surface area contributed by atoms with Gasteiger partial charge in [0, 0.05) is 11.2 Å². The number of carboxylic acids is 1. The number of carbonyl (C=O) groups is 1. The topological polar surface area (TPSA) is 85.4 Å². The van der Waals surface area contributed by atoms with E-state index < -0.39 is 5.97 Å². The fourth-order valence-corrected chi connectivity index (χ4v) is 1.92. The molecule has 104 valence electrons. The third kappa shape index (κ3) is 3.00. The number of halogens is 1. The van der Waals surface area contributed by atoms with Gasteiger partial charge in [-0.25, -0.2) is 9.78 Å². The largest absolute Gasteiger partial charge is 0.478 e. The zero-order valence-electron chi connectivity index (χ0n) is 10.8. The highest BCUT2D eigenvalue weighted by atomic mass is 35.5. The first-order valence-corrected chi connectivity index (χ1v) is 6.34. The summed E-state index contributed by atoms with van der Waals surface area (Å²) in [7, 11) is 0. The number of benzene rings is 1. The number of hydrogen-bond donors (Lipinski definition) is 2. The minimum Gasteiger partial charge on any atom is -0.478 e. The van der Waals surface area contributed by atoms with E-state index in [1.54, 1.807) is 18.2 Å². The second-order valence-electron chi connectivity index (χ2n) is 4.13. The SMILES string of the molecule is CCc1cc(Oc2ncc(C(=O)O)cc2N)ccc1Cl. The van der Waals surface area contributed by atoms with Crippen molar-refractivity contribution in [3.8, 4) is 11.6 Å². The van der Waals surface area contributed by atoms with Gasteiger partial charge in [0.15, 0.2) is 0 Å². The van der Waals surface area contributed by atoms with Gasteiger partial charge in [0.2, 0.25) is 5.88 Å². The van der Waals surface area contributed by atoms with Gasteiger partial charge in [-0.1, -0.05) is 18.5 Å². The fraction of sp³-hybridized carbons (Fsp3) is 0.143. The molecule has 1 aromatic heterocycles. The first-order valence-electron chi connectivity index (χ1n) is 5.96. The molecule has 6 heteroatoms. The third-order valence-corrected chi connectivity index (χ3v) is 3.11. The number of nitrogen functional groups attached to an aromatic ring is 1. The van der Waals surface area contributed by atoms with Crippen LogP contribution >= 0.6 is 11.6 Å². The highest BCUT2D eigenvalue weighted by molar-refractivity contribution is 6.31. The van der Waals surface area contributed by atoms with Crippen molar-refractivity contribution >= 4 is 23.3 Å². The fourth-order valence-electron chi connectivity index (χ4n) is 1.67. The van der Waals surface area contributed by atoms with Crippen LogP contribution in [0, 0.1) is 0 Å². The molecular weight excluding hydrogens is 280 g/mol. The molecule has 0 bridgehead atoms. The first-order chi connectivity index (χ1) is 9.51. The summed E-state index contributed by atoms with van der Waals surface area (Å²) >= 11 is 6.03. The van der Waals surface area contributed by atoms with Crippen molar-refractivity contribution in [3.63, 3.8) is 0 Å². The summed E-state index contributed by atoms with van der Waals surface area (Å²) in [6.45, 7) is 1.99. The number of aryl methyl sites for hydroxylation is 1. The van der Waals surface area contributed by atoms with Crippen LogP contribution in [0.1, 0.15) is 22.8 Å². The Hall–Kier alpha value is -2.27. The van der Waals surface area contributed by atoms with Gasteiger partial charge in [-0.2, -0.15) is 0 Å². The molecule has 0 saturated heterocycles. The summed E-state index contributed by atoms with van der Waals surface area (Å²) < 4.78 is 5.55. The van der Waals surface area contributed by atoms with Crippen LogP contribution < -0.4 is 10.5 Å². The highest BCUT2D eigenvalue weighted by Crippen LogP contribution is 2.29. The average molecular weight is 293 g/mol. The Morgan fingerprint density at radius 2 is 2.20 bits per heavy atom. The molecule has 2 rings (SSSR count). The van der Waals surface area contributed by atoms with E-state index in [4.69, 9.17) is 27.2 Å². The first kappa shape index (κ1) is 14.1. The number of hydrogen-bond acceptors (Lipinski definition) is 4. The Kier molecular flexibility index (Phi) is 4.10. The van der Waals surface area contributed by atoms with Gasteiger partial charge < -0.3 is 15.6 Å². The predicted octanol–water partition coefficient (Wildman–Crippen LogP) is 3.37. The molecule has 0 aliphatic heterocycles. The van der Waals surface area contributed by atoms with E-state index in [2.05, 4.69) is 4.98 Å². The van der Waals surface area contributed by atoms with E-state index in [0.717, 1.165) is 12.0 Å². The molecule has 1 heterocycles. The molecule has 0 atom stereocenters. The molecular formula is C14H13ClN2O3. The Bertz CT molecular complexity index is 659. The molecule has 0 fully saturated rings. The van der Waals surface area contributed by atoms with Gasteiger partial charge in [0.05, 0.1) is 11.3 Å². The maximum atomic E-state index is 10.8. The zero-order chi connectivity index (χ0) is 14.7. The van der Waals surface area contributed by atoms with E-state index in [0.29, 0.717) is 10.8 Å². The van der Waals surface area contributed by atoms with Crippen LogP contribution in [0.2, 0.25) is 5.02 Å². The van der Waals surface area contributed by atoms with E-state index in [1.807, 2.05) is 6.92 Å². The normalized spacial score (nSPS) is 10.3. The summed E-state index contributed by atoms with van der Waals surface area (Å²) in [5, 5.41) is 9.51. The standard InChI is InChI=1S/C14H13ClN2O3/c1-2-8-5-10(3-4-11(8)15)20-13-12(16)6-9(7-17-13)14(18)19/h3-7H,2,16H2,1H3,(H,18,19). The summed E-state index contributed by atoms with van der Waals surface area (Å²) in [6, 6.07) is 6.54. The van der Waals surface area contributed by atoms with Crippen LogP contribution in [0.5, 0.6) is 11.6 Å². The number of nitrogens with zero attached hydrogens (tertiary/aromatic N) is 1. The Balaban J connectivity index is 2.28. The number of pyridine rings is 1. The Morgan fingerprint density at radius 3 is 2.80 bits per heavy atom. The lowest BCUT2D eigenvalue weighted by molar-refractivity contribution is 0.0696. The van der Waals surface area contributed by atoms with Crippen LogP contribution in [-0.4, -0.2) is 16.1 Å². The van der Waals surface area contributed by atoms with Crippen LogP contribution in [0.3, 0.4) is 0 Å². The summed E-state index contributed by atoms with van der Waals surface area (Å²) in [5.74, 6) is -0.372. The molecule has 0 aliphatic carbocycles. The monoisotopic (exact) mass is 292 g/mol. The second-order valence-corrected chi connectivity index (χ2v) is 4.54.